The number of hydrogen-bond donors (Lipinski definition) is 1. The molecule has 2 fully saturated rings. The zero-order valence-electron chi connectivity index (χ0n) is 16.3. The Morgan fingerprint density at radius 2 is 1.89 bits per heavy atom. The van der Waals surface area contributed by atoms with Crippen LogP contribution in [0.25, 0.3) is 0 Å². The summed E-state index contributed by atoms with van der Waals surface area (Å²) in [5.41, 5.74) is -0.655. The van der Waals surface area contributed by atoms with Crippen LogP contribution < -0.4 is 11.2 Å². The van der Waals surface area contributed by atoms with E-state index in [9.17, 15) is 19.2 Å². The molecule has 1 aromatic heterocycles. The van der Waals surface area contributed by atoms with Crippen molar-refractivity contribution >= 4 is 11.8 Å². The molecule has 0 radical (unpaired) electrons. The van der Waals surface area contributed by atoms with E-state index in [0.717, 1.165) is 30.5 Å². The second kappa shape index (κ2) is 7.32. The van der Waals surface area contributed by atoms with Gasteiger partial charge in [-0.2, -0.15) is 0 Å². The monoisotopic (exact) mass is 376 g/mol. The molecule has 27 heavy (non-hydrogen) atoms. The van der Waals surface area contributed by atoms with Crippen LogP contribution in [0, 0.1) is 11.3 Å². The minimum absolute atomic E-state index is 0.0170. The molecular weight excluding hydrogens is 348 g/mol. The van der Waals surface area contributed by atoms with Crippen LogP contribution in [0.4, 0.5) is 0 Å². The van der Waals surface area contributed by atoms with Crippen molar-refractivity contribution in [2.45, 2.75) is 39.5 Å². The Labute approximate surface area is 158 Å². The zero-order valence-corrected chi connectivity index (χ0v) is 16.3. The first-order chi connectivity index (χ1) is 12.7. The van der Waals surface area contributed by atoms with Gasteiger partial charge in [0.05, 0.1) is 6.42 Å². The molecule has 0 aliphatic carbocycles. The highest BCUT2D eigenvalue weighted by atomic mass is 16.2. The molecule has 0 bridgehead atoms. The SMILES string of the molecule is CC(C)CN1CC2(CCN(C(=O)Cc3c[nH]c(=O)n(C)c3=O)CC2)CC1=O. The molecule has 1 spiro atoms. The highest BCUT2D eigenvalue weighted by Crippen LogP contribution is 2.41. The fraction of sp³-hybridized carbons (Fsp3) is 0.684. The first kappa shape index (κ1) is 19.4. The van der Waals surface area contributed by atoms with Gasteiger partial charge in [-0.3, -0.25) is 19.0 Å². The Balaban J connectivity index is 1.60. The number of rotatable bonds is 4. The summed E-state index contributed by atoms with van der Waals surface area (Å²) in [5, 5.41) is 0. The Morgan fingerprint density at radius 3 is 2.52 bits per heavy atom. The van der Waals surface area contributed by atoms with Gasteiger partial charge in [0.1, 0.15) is 0 Å². The summed E-state index contributed by atoms with van der Waals surface area (Å²) in [6.45, 7) is 7.00. The lowest BCUT2D eigenvalue weighted by Gasteiger charge is -2.39. The third-order valence-electron chi connectivity index (χ3n) is 5.76. The predicted molar refractivity (Wildman–Crippen MR) is 100 cm³/mol. The number of likely N-dealkylation sites (tertiary alicyclic amines) is 2. The maximum atomic E-state index is 12.6. The normalized spacial score (nSPS) is 19.3. The number of nitrogens with zero attached hydrogens (tertiary/aromatic N) is 3. The molecule has 2 aliphatic rings. The number of piperidine rings is 1. The standard InChI is InChI=1S/C19H28N4O4/c1-13(2)11-23-12-19(9-16(23)25)4-6-22(7-5-19)15(24)8-14-10-20-18(27)21(3)17(14)26/h10,13H,4-9,11-12H2,1-3H3,(H,20,27). The summed E-state index contributed by atoms with van der Waals surface area (Å²) in [6.07, 6.45) is 3.50. The second-order valence-corrected chi connectivity index (χ2v) is 8.39. The maximum Gasteiger partial charge on any atom is 0.328 e. The number of carbonyl (C=O) groups is 2. The van der Waals surface area contributed by atoms with Crippen molar-refractivity contribution in [2.75, 3.05) is 26.2 Å². The number of amides is 2. The summed E-state index contributed by atoms with van der Waals surface area (Å²) >= 11 is 0. The lowest BCUT2D eigenvalue weighted by atomic mass is 9.77. The molecule has 2 saturated heterocycles. The summed E-state index contributed by atoms with van der Waals surface area (Å²) in [7, 11) is 1.39. The van der Waals surface area contributed by atoms with Crippen molar-refractivity contribution < 1.29 is 9.59 Å². The van der Waals surface area contributed by atoms with Crippen molar-refractivity contribution in [2.24, 2.45) is 18.4 Å². The lowest BCUT2D eigenvalue weighted by Crippen LogP contribution is -2.45. The summed E-state index contributed by atoms with van der Waals surface area (Å²) in [5.74, 6) is 0.559. The van der Waals surface area contributed by atoms with Crippen LogP contribution in [0.15, 0.2) is 15.8 Å². The van der Waals surface area contributed by atoms with E-state index in [4.69, 9.17) is 0 Å². The summed E-state index contributed by atoms with van der Waals surface area (Å²) < 4.78 is 0.973. The average Bonchev–Trinajstić information content (AvgIpc) is 2.90. The molecule has 148 valence electrons. The second-order valence-electron chi connectivity index (χ2n) is 8.39. The smallest absolute Gasteiger partial charge is 0.328 e. The highest BCUT2D eigenvalue weighted by Gasteiger charge is 2.45. The van der Waals surface area contributed by atoms with Gasteiger partial charge in [0.15, 0.2) is 0 Å². The van der Waals surface area contributed by atoms with Crippen molar-refractivity contribution in [1.29, 1.82) is 0 Å². The molecule has 2 amide bonds. The largest absolute Gasteiger partial charge is 0.342 e. The van der Waals surface area contributed by atoms with Gasteiger partial charge in [0, 0.05) is 56.8 Å². The zero-order chi connectivity index (χ0) is 19.8. The van der Waals surface area contributed by atoms with Gasteiger partial charge in [0.25, 0.3) is 5.56 Å². The van der Waals surface area contributed by atoms with E-state index in [1.807, 2.05) is 4.90 Å². The molecule has 0 saturated carbocycles. The van der Waals surface area contributed by atoms with Gasteiger partial charge in [0.2, 0.25) is 11.8 Å². The Morgan fingerprint density at radius 1 is 1.22 bits per heavy atom. The predicted octanol–water partition coefficient (Wildman–Crippen LogP) is 0.113. The van der Waals surface area contributed by atoms with Gasteiger partial charge < -0.3 is 14.8 Å². The molecule has 8 nitrogen and oxygen atoms in total. The summed E-state index contributed by atoms with van der Waals surface area (Å²) in [4.78, 5) is 54.7. The topological polar surface area (TPSA) is 95.5 Å². The van der Waals surface area contributed by atoms with Crippen molar-refractivity contribution in [3.63, 3.8) is 0 Å². The first-order valence-electron chi connectivity index (χ1n) is 9.54. The van der Waals surface area contributed by atoms with Crippen molar-refractivity contribution in [3.05, 3.63) is 32.6 Å². The quantitative estimate of drug-likeness (QED) is 0.807. The number of aromatic nitrogens is 2. The van der Waals surface area contributed by atoms with E-state index in [1.54, 1.807) is 4.90 Å². The number of carbonyl (C=O) groups excluding carboxylic acids is 2. The van der Waals surface area contributed by atoms with Gasteiger partial charge in [-0.15, -0.1) is 0 Å². The molecule has 3 rings (SSSR count). The van der Waals surface area contributed by atoms with E-state index >= 15 is 0 Å². The fourth-order valence-corrected chi connectivity index (χ4v) is 4.17. The van der Waals surface area contributed by atoms with E-state index in [2.05, 4.69) is 18.8 Å². The molecule has 2 aliphatic heterocycles. The molecule has 0 unspecified atom stereocenters. The summed E-state index contributed by atoms with van der Waals surface area (Å²) in [6, 6.07) is 0. The van der Waals surface area contributed by atoms with Crippen molar-refractivity contribution in [1.82, 2.24) is 19.4 Å². The van der Waals surface area contributed by atoms with Crippen LogP contribution in [0.1, 0.15) is 38.7 Å². The third kappa shape index (κ3) is 3.99. The molecule has 1 aromatic rings. The number of aromatic amines is 1. The number of H-pyrrole nitrogens is 1. The Hall–Kier alpha value is -2.38. The lowest BCUT2D eigenvalue weighted by molar-refractivity contribution is -0.132. The number of hydrogen-bond acceptors (Lipinski definition) is 4. The van der Waals surface area contributed by atoms with Crippen LogP contribution in [-0.4, -0.2) is 57.3 Å². The Bertz CT molecular complexity index is 846. The van der Waals surface area contributed by atoms with Crippen LogP contribution >= 0.6 is 0 Å². The Kier molecular flexibility index (Phi) is 5.26. The van der Waals surface area contributed by atoms with E-state index in [-0.39, 0.29) is 23.7 Å². The van der Waals surface area contributed by atoms with E-state index in [0.29, 0.717) is 31.0 Å². The molecule has 3 heterocycles. The average molecular weight is 376 g/mol. The van der Waals surface area contributed by atoms with Crippen LogP contribution in [0.5, 0.6) is 0 Å². The molecule has 0 atom stereocenters. The van der Waals surface area contributed by atoms with Gasteiger partial charge in [-0.1, -0.05) is 13.8 Å². The van der Waals surface area contributed by atoms with Crippen molar-refractivity contribution in [3.8, 4) is 0 Å². The first-order valence-corrected chi connectivity index (χ1v) is 9.54. The van der Waals surface area contributed by atoms with E-state index < -0.39 is 11.2 Å². The van der Waals surface area contributed by atoms with Crippen LogP contribution in [0.3, 0.4) is 0 Å². The third-order valence-corrected chi connectivity index (χ3v) is 5.76. The molecule has 0 aromatic carbocycles. The molecule has 8 heteroatoms. The minimum Gasteiger partial charge on any atom is -0.342 e. The van der Waals surface area contributed by atoms with Gasteiger partial charge in [-0.05, 0) is 18.8 Å². The van der Waals surface area contributed by atoms with Gasteiger partial charge in [-0.25, -0.2) is 4.79 Å². The van der Waals surface area contributed by atoms with E-state index in [1.165, 1.54) is 13.2 Å². The fourth-order valence-electron chi connectivity index (χ4n) is 4.17. The minimum atomic E-state index is -0.493. The maximum absolute atomic E-state index is 12.6. The highest BCUT2D eigenvalue weighted by molar-refractivity contribution is 5.80. The van der Waals surface area contributed by atoms with Gasteiger partial charge >= 0.3 is 5.69 Å². The number of nitrogens with one attached hydrogen (secondary N) is 1. The molecule has 1 N–H and O–H groups in total. The van der Waals surface area contributed by atoms with Crippen LogP contribution in [-0.2, 0) is 23.1 Å². The molecular formula is C19H28N4O4. The van der Waals surface area contributed by atoms with Crippen LogP contribution in [0.2, 0.25) is 0 Å².